The highest BCUT2D eigenvalue weighted by molar-refractivity contribution is 7.14. The van der Waals surface area contributed by atoms with Crippen LogP contribution in [0, 0.1) is 6.92 Å². The van der Waals surface area contributed by atoms with Gasteiger partial charge in [-0.1, -0.05) is 42.5 Å². The Labute approximate surface area is 182 Å². The van der Waals surface area contributed by atoms with Crippen LogP contribution in [0.5, 0.6) is 0 Å². The Morgan fingerprint density at radius 1 is 0.903 bits per heavy atom. The van der Waals surface area contributed by atoms with Gasteiger partial charge in [-0.25, -0.2) is 4.98 Å². The highest BCUT2D eigenvalue weighted by atomic mass is 32.1. The minimum absolute atomic E-state index is 0.0228. The van der Waals surface area contributed by atoms with Gasteiger partial charge in [0.15, 0.2) is 10.6 Å². The summed E-state index contributed by atoms with van der Waals surface area (Å²) in [6, 6.07) is 24.4. The van der Waals surface area contributed by atoms with Gasteiger partial charge in [-0.15, -0.1) is 11.3 Å². The van der Waals surface area contributed by atoms with E-state index in [0.29, 0.717) is 15.9 Å². The molecule has 0 atom stereocenters. The van der Waals surface area contributed by atoms with E-state index in [1.807, 2.05) is 95.7 Å². The van der Waals surface area contributed by atoms with E-state index < -0.39 is 0 Å². The van der Waals surface area contributed by atoms with Crippen molar-refractivity contribution in [2.45, 2.75) is 13.5 Å². The topological polar surface area (TPSA) is 55.2 Å². The summed E-state index contributed by atoms with van der Waals surface area (Å²) < 4.78 is 1.92. The van der Waals surface area contributed by atoms with Crippen LogP contribution in [0.1, 0.15) is 5.69 Å². The van der Waals surface area contributed by atoms with Crippen molar-refractivity contribution in [2.75, 3.05) is 4.90 Å². The first-order valence-electron chi connectivity index (χ1n) is 9.94. The van der Waals surface area contributed by atoms with Crippen LogP contribution < -0.4 is 10.3 Å². The molecule has 5 aromatic rings. The molecule has 0 saturated heterocycles. The van der Waals surface area contributed by atoms with Gasteiger partial charge in [-0.3, -0.25) is 14.5 Å². The van der Waals surface area contributed by atoms with E-state index in [9.17, 15) is 9.59 Å². The molecule has 0 aliphatic carbocycles. The summed E-state index contributed by atoms with van der Waals surface area (Å²) in [5.74, 6) is -0.125. The van der Waals surface area contributed by atoms with E-state index in [4.69, 9.17) is 0 Å². The Morgan fingerprint density at radius 2 is 1.48 bits per heavy atom. The van der Waals surface area contributed by atoms with Crippen molar-refractivity contribution >= 4 is 49.9 Å². The van der Waals surface area contributed by atoms with Gasteiger partial charge in [0.25, 0.3) is 5.91 Å². The van der Waals surface area contributed by atoms with E-state index >= 15 is 0 Å². The lowest BCUT2D eigenvalue weighted by atomic mass is 10.1. The number of amides is 1. The number of aromatic nitrogens is 2. The number of nitrogens with zero attached hydrogens (tertiary/aromatic N) is 3. The second-order valence-electron chi connectivity index (χ2n) is 7.29. The van der Waals surface area contributed by atoms with Gasteiger partial charge >= 0.3 is 0 Å². The number of hydrogen-bond donors (Lipinski definition) is 0. The van der Waals surface area contributed by atoms with E-state index in [0.717, 1.165) is 22.4 Å². The largest absolute Gasteiger partial charge is 0.331 e. The van der Waals surface area contributed by atoms with Crippen LogP contribution in [0.4, 0.5) is 10.8 Å². The number of pyridine rings is 1. The van der Waals surface area contributed by atoms with E-state index in [-0.39, 0.29) is 17.9 Å². The van der Waals surface area contributed by atoms with Gasteiger partial charge in [-0.2, -0.15) is 0 Å². The molecule has 5 rings (SSSR count). The molecule has 2 aromatic heterocycles. The highest BCUT2D eigenvalue weighted by Gasteiger charge is 2.22. The predicted octanol–water partition coefficient (Wildman–Crippen LogP) is 5.28. The van der Waals surface area contributed by atoms with Crippen LogP contribution in [0.2, 0.25) is 0 Å². The number of thiazole rings is 1. The van der Waals surface area contributed by atoms with Crippen molar-refractivity contribution in [3.05, 3.63) is 100 Å². The molecule has 152 valence electrons. The number of rotatable bonds is 4. The summed E-state index contributed by atoms with van der Waals surface area (Å²) in [6.45, 7) is 1.99. The summed E-state index contributed by atoms with van der Waals surface area (Å²) in [5.41, 5.74) is 3.08. The van der Waals surface area contributed by atoms with Gasteiger partial charge in [0, 0.05) is 16.2 Å². The lowest BCUT2D eigenvalue weighted by Crippen LogP contribution is -2.30. The molecule has 31 heavy (non-hydrogen) atoms. The molecule has 0 unspecified atom stereocenters. The van der Waals surface area contributed by atoms with Crippen LogP contribution in [-0.4, -0.2) is 15.5 Å². The Hall–Kier alpha value is -3.77. The number of para-hydroxylation sites is 3. The molecular formula is C25H19N3O2S. The van der Waals surface area contributed by atoms with Crippen molar-refractivity contribution in [1.29, 1.82) is 0 Å². The number of hydrogen-bond acceptors (Lipinski definition) is 4. The minimum Gasteiger partial charge on any atom is -0.331 e. The zero-order valence-electron chi connectivity index (χ0n) is 16.9. The molecule has 0 aliphatic heterocycles. The monoisotopic (exact) mass is 425 g/mol. The fourth-order valence-electron chi connectivity index (χ4n) is 3.84. The number of aryl methyl sites for hydroxylation is 1. The molecule has 0 aliphatic rings. The third kappa shape index (κ3) is 3.41. The van der Waals surface area contributed by atoms with Gasteiger partial charge < -0.3 is 4.57 Å². The molecule has 0 radical (unpaired) electrons. The Balaban J connectivity index is 1.68. The van der Waals surface area contributed by atoms with Gasteiger partial charge in [0.1, 0.15) is 6.54 Å². The maximum absolute atomic E-state index is 13.7. The predicted molar refractivity (Wildman–Crippen MR) is 126 cm³/mol. The quantitative estimate of drug-likeness (QED) is 0.368. The first-order valence-corrected chi connectivity index (χ1v) is 10.8. The second kappa shape index (κ2) is 7.81. The van der Waals surface area contributed by atoms with Gasteiger partial charge in [-0.05, 0) is 43.3 Å². The first kappa shape index (κ1) is 19.2. The van der Waals surface area contributed by atoms with Gasteiger partial charge in [0.2, 0.25) is 0 Å². The zero-order chi connectivity index (χ0) is 21.4. The first-order chi connectivity index (χ1) is 15.1. The Bertz CT molecular complexity index is 1410. The lowest BCUT2D eigenvalue weighted by molar-refractivity contribution is -0.118. The van der Waals surface area contributed by atoms with Crippen LogP contribution in [0.3, 0.4) is 0 Å². The summed E-state index contributed by atoms with van der Waals surface area (Å²) in [5, 5.41) is 3.77. The van der Waals surface area contributed by atoms with Gasteiger partial charge in [0.05, 0.1) is 22.4 Å². The molecule has 3 aromatic carbocycles. The maximum atomic E-state index is 13.7. The lowest BCUT2D eigenvalue weighted by Gasteiger charge is -2.22. The third-order valence-electron chi connectivity index (χ3n) is 5.23. The molecule has 1 amide bonds. The maximum Gasteiger partial charge on any atom is 0.253 e. The SMILES string of the molecule is Cc1csc(N(C(=O)Cn2c3ccccc3c(=O)c3ccccc32)c2ccccc2)n1. The average molecular weight is 426 g/mol. The molecule has 0 bridgehead atoms. The Kier molecular flexibility index (Phi) is 4.84. The summed E-state index contributed by atoms with van der Waals surface area (Å²) >= 11 is 1.44. The van der Waals surface area contributed by atoms with Crippen LogP contribution >= 0.6 is 11.3 Å². The molecule has 0 fully saturated rings. The smallest absolute Gasteiger partial charge is 0.253 e. The molecule has 0 saturated carbocycles. The number of benzene rings is 3. The van der Waals surface area contributed by atoms with E-state index in [1.54, 1.807) is 4.90 Å². The van der Waals surface area contributed by atoms with Crippen LogP contribution in [-0.2, 0) is 11.3 Å². The molecular weight excluding hydrogens is 406 g/mol. The minimum atomic E-state index is -0.125. The molecule has 6 heteroatoms. The Morgan fingerprint density at radius 3 is 2.06 bits per heavy atom. The summed E-state index contributed by atoms with van der Waals surface area (Å²) in [6.07, 6.45) is 0. The highest BCUT2D eigenvalue weighted by Crippen LogP contribution is 2.29. The second-order valence-corrected chi connectivity index (χ2v) is 8.12. The average Bonchev–Trinajstić information content (AvgIpc) is 3.23. The standard InChI is InChI=1S/C25H19N3O2S/c1-17-16-31-25(26-17)28(18-9-3-2-4-10-18)23(29)15-27-21-13-7-5-11-19(21)24(30)20-12-6-8-14-22(20)27/h2-14,16H,15H2,1H3. The van der Waals surface area contributed by atoms with Crippen molar-refractivity contribution in [3.63, 3.8) is 0 Å². The zero-order valence-corrected chi connectivity index (χ0v) is 17.7. The number of anilines is 2. The van der Waals surface area contributed by atoms with Crippen LogP contribution in [0.15, 0.2) is 89.0 Å². The third-order valence-corrected chi connectivity index (χ3v) is 6.18. The van der Waals surface area contributed by atoms with Crippen molar-refractivity contribution in [2.24, 2.45) is 0 Å². The number of carbonyl (C=O) groups excluding carboxylic acids is 1. The molecule has 0 spiro atoms. The number of carbonyl (C=O) groups is 1. The molecule has 5 nitrogen and oxygen atoms in total. The molecule has 2 heterocycles. The molecule has 0 N–H and O–H groups in total. The fraction of sp³-hybridized carbons (Fsp3) is 0.0800. The van der Waals surface area contributed by atoms with Crippen LogP contribution in [0.25, 0.3) is 21.8 Å². The van der Waals surface area contributed by atoms with Crippen molar-refractivity contribution in [3.8, 4) is 0 Å². The van der Waals surface area contributed by atoms with E-state index in [2.05, 4.69) is 4.98 Å². The summed E-state index contributed by atoms with van der Waals surface area (Å²) in [7, 11) is 0. The summed E-state index contributed by atoms with van der Waals surface area (Å²) in [4.78, 5) is 32.9. The number of fused-ring (bicyclic) bond motifs is 2. The fourth-order valence-corrected chi connectivity index (χ4v) is 4.67. The van der Waals surface area contributed by atoms with Crippen molar-refractivity contribution < 1.29 is 4.79 Å². The van der Waals surface area contributed by atoms with Crippen molar-refractivity contribution in [1.82, 2.24) is 9.55 Å². The van der Waals surface area contributed by atoms with E-state index in [1.165, 1.54) is 11.3 Å². The normalized spacial score (nSPS) is 11.1.